The summed E-state index contributed by atoms with van der Waals surface area (Å²) in [4.78, 5) is 57.3. The van der Waals surface area contributed by atoms with Crippen LogP contribution in [-0.2, 0) is 24.0 Å². The van der Waals surface area contributed by atoms with Gasteiger partial charge < -0.3 is 32.5 Å². The van der Waals surface area contributed by atoms with Crippen LogP contribution in [0.25, 0.3) is 0 Å². The lowest BCUT2D eigenvalue weighted by atomic mass is 10.0. The monoisotopic (exact) mass is 387 g/mol. The summed E-state index contributed by atoms with van der Waals surface area (Å²) in [5, 5.41) is 15.9. The number of hydrogen-bond donors (Lipinski definition) is 6. The van der Waals surface area contributed by atoms with Crippen molar-refractivity contribution in [1.82, 2.24) is 16.0 Å². The molecule has 0 spiro atoms. The number of carbonyl (C=O) groups is 5. The van der Waals surface area contributed by atoms with E-state index < -0.39 is 54.3 Å². The molecule has 0 fully saturated rings. The van der Waals surface area contributed by atoms with Crippen LogP contribution in [0.4, 0.5) is 0 Å². The summed E-state index contributed by atoms with van der Waals surface area (Å²) >= 11 is 0. The molecular weight excluding hydrogens is 358 g/mol. The molecule has 0 bridgehead atoms. The van der Waals surface area contributed by atoms with Gasteiger partial charge in [0.1, 0.15) is 12.1 Å². The predicted molar refractivity (Wildman–Crippen MR) is 96.0 cm³/mol. The highest BCUT2D eigenvalue weighted by atomic mass is 16.4. The van der Waals surface area contributed by atoms with Crippen molar-refractivity contribution in [2.45, 2.75) is 58.2 Å². The van der Waals surface area contributed by atoms with E-state index in [2.05, 4.69) is 16.0 Å². The van der Waals surface area contributed by atoms with E-state index in [1.165, 1.54) is 6.92 Å². The van der Waals surface area contributed by atoms with Crippen molar-refractivity contribution in [2.75, 3.05) is 6.54 Å². The number of aliphatic carboxylic acids is 1. The topological polar surface area (TPSA) is 194 Å². The first kappa shape index (κ1) is 24.3. The Morgan fingerprint density at radius 1 is 1.00 bits per heavy atom. The van der Waals surface area contributed by atoms with Gasteiger partial charge in [0.05, 0.1) is 12.6 Å². The molecule has 0 heterocycles. The van der Waals surface area contributed by atoms with Crippen molar-refractivity contribution < 1.29 is 29.1 Å². The van der Waals surface area contributed by atoms with Gasteiger partial charge in [0, 0.05) is 6.42 Å². The van der Waals surface area contributed by atoms with Crippen LogP contribution in [0.15, 0.2) is 0 Å². The van der Waals surface area contributed by atoms with Crippen molar-refractivity contribution in [3.8, 4) is 0 Å². The van der Waals surface area contributed by atoms with Gasteiger partial charge in [-0.2, -0.15) is 0 Å². The molecule has 3 atom stereocenters. The van der Waals surface area contributed by atoms with Gasteiger partial charge in [0.2, 0.25) is 23.6 Å². The number of carboxylic acid groups (broad SMARTS) is 1. The zero-order valence-electron chi connectivity index (χ0n) is 15.8. The normalized spacial score (nSPS) is 14.0. The van der Waals surface area contributed by atoms with Crippen molar-refractivity contribution in [3.05, 3.63) is 0 Å². The largest absolute Gasteiger partial charge is 0.480 e. The van der Waals surface area contributed by atoms with Crippen LogP contribution >= 0.6 is 0 Å². The highest BCUT2D eigenvalue weighted by molar-refractivity contribution is 5.92. The smallest absolute Gasteiger partial charge is 0.326 e. The molecule has 0 unspecified atom stereocenters. The summed E-state index contributed by atoms with van der Waals surface area (Å²) in [6, 6.07) is -2.97. The Bertz CT molecular complexity index is 566. The Hall–Kier alpha value is -2.69. The van der Waals surface area contributed by atoms with Crippen molar-refractivity contribution in [2.24, 2.45) is 17.4 Å². The van der Waals surface area contributed by atoms with Crippen LogP contribution in [0.1, 0.15) is 40.0 Å². The zero-order valence-corrected chi connectivity index (χ0v) is 15.8. The van der Waals surface area contributed by atoms with Crippen molar-refractivity contribution >= 4 is 29.6 Å². The highest BCUT2D eigenvalue weighted by Crippen LogP contribution is 2.02. The molecule has 4 amide bonds. The minimum atomic E-state index is -1.32. The lowest BCUT2D eigenvalue weighted by Crippen LogP contribution is -2.52. The first-order chi connectivity index (χ1) is 12.4. The van der Waals surface area contributed by atoms with Gasteiger partial charge in [-0.05, 0) is 25.7 Å². The fourth-order valence-electron chi connectivity index (χ4n) is 2.11. The number of hydrogen-bond acceptors (Lipinski definition) is 6. The second-order valence-corrected chi connectivity index (χ2v) is 6.65. The molecule has 0 aliphatic heterocycles. The Kier molecular flexibility index (Phi) is 10.7. The maximum absolute atomic E-state index is 11.9. The van der Waals surface area contributed by atoms with E-state index in [1.54, 1.807) is 0 Å². The van der Waals surface area contributed by atoms with E-state index >= 15 is 0 Å². The lowest BCUT2D eigenvalue weighted by molar-refractivity contribution is -0.142. The average Bonchev–Trinajstić information content (AvgIpc) is 2.54. The minimum Gasteiger partial charge on any atom is -0.480 e. The molecule has 0 aromatic heterocycles. The van der Waals surface area contributed by atoms with Gasteiger partial charge in [0.15, 0.2) is 0 Å². The third-order valence-corrected chi connectivity index (χ3v) is 3.55. The Morgan fingerprint density at radius 2 is 1.59 bits per heavy atom. The maximum atomic E-state index is 11.9. The third kappa shape index (κ3) is 10.8. The van der Waals surface area contributed by atoms with Crippen molar-refractivity contribution in [3.63, 3.8) is 0 Å². The molecule has 0 saturated heterocycles. The van der Waals surface area contributed by atoms with Gasteiger partial charge in [-0.3, -0.25) is 19.2 Å². The molecule has 0 aliphatic rings. The Balaban J connectivity index is 4.41. The van der Waals surface area contributed by atoms with Gasteiger partial charge >= 0.3 is 5.97 Å². The second-order valence-electron chi connectivity index (χ2n) is 6.65. The average molecular weight is 387 g/mol. The number of carboxylic acids is 1. The van der Waals surface area contributed by atoms with Crippen LogP contribution in [0, 0.1) is 5.92 Å². The molecule has 8 N–H and O–H groups in total. The summed E-state index contributed by atoms with van der Waals surface area (Å²) in [5.74, 6) is -3.65. The highest BCUT2D eigenvalue weighted by Gasteiger charge is 2.23. The number of primary amides is 1. The maximum Gasteiger partial charge on any atom is 0.326 e. The third-order valence-electron chi connectivity index (χ3n) is 3.55. The molecule has 27 heavy (non-hydrogen) atoms. The predicted octanol–water partition coefficient (Wildman–Crippen LogP) is -2.18. The SMILES string of the molecule is CC(C)C[C@H](N)C(=O)N[C@@H](C)C(=O)NCC(=O)N[C@@H](CCC(N)=O)C(=O)O. The Morgan fingerprint density at radius 3 is 2.07 bits per heavy atom. The summed E-state index contributed by atoms with van der Waals surface area (Å²) in [6.45, 7) is 4.77. The molecule has 154 valence electrons. The minimum absolute atomic E-state index is 0.162. The first-order valence-corrected chi connectivity index (χ1v) is 8.58. The standard InChI is InChI=1S/C16H29N5O6/c1-8(2)6-10(17)15(25)20-9(3)14(24)19-7-13(23)21-11(16(26)27)4-5-12(18)22/h8-11H,4-7,17H2,1-3H3,(H2,18,22)(H,19,24)(H,20,25)(H,21,23)(H,26,27)/t9-,10-,11-/m0/s1. The first-order valence-electron chi connectivity index (χ1n) is 8.58. The molecule has 11 nitrogen and oxygen atoms in total. The summed E-state index contributed by atoms with van der Waals surface area (Å²) < 4.78 is 0. The molecule has 0 aliphatic carbocycles. The van der Waals surface area contributed by atoms with Crippen LogP contribution in [-0.4, -0.2) is 59.4 Å². The van der Waals surface area contributed by atoms with Crippen LogP contribution in [0.2, 0.25) is 0 Å². The van der Waals surface area contributed by atoms with E-state index in [4.69, 9.17) is 16.6 Å². The van der Waals surface area contributed by atoms with E-state index in [9.17, 15) is 24.0 Å². The quantitative estimate of drug-likeness (QED) is 0.219. The number of carbonyl (C=O) groups excluding carboxylic acids is 4. The molecule has 0 radical (unpaired) electrons. The summed E-state index contributed by atoms with van der Waals surface area (Å²) in [5.41, 5.74) is 10.7. The number of amides is 4. The fraction of sp³-hybridized carbons (Fsp3) is 0.688. The molecule has 11 heteroatoms. The zero-order chi connectivity index (χ0) is 21.1. The molecule has 0 aromatic rings. The van der Waals surface area contributed by atoms with Crippen molar-refractivity contribution in [1.29, 1.82) is 0 Å². The number of nitrogens with one attached hydrogen (secondary N) is 3. The van der Waals surface area contributed by atoms with Crippen LogP contribution in [0.3, 0.4) is 0 Å². The van der Waals surface area contributed by atoms with E-state index in [0.717, 1.165) is 0 Å². The van der Waals surface area contributed by atoms with Gasteiger partial charge in [-0.1, -0.05) is 13.8 Å². The summed E-state index contributed by atoms with van der Waals surface area (Å²) in [7, 11) is 0. The number of rotatable bonds is 12. The number of nitrogens with two attached hydrogens (primary N) is 2. The fourth-order valence-corrected chi connectivity index (χ4v) is 2.11. The van der Waals surface area contributed by atoms with Crippen LogP contribution < -0.4 is 27.4 Å². The van der Waals surface area contributed by atoms with Gasteiger partial charge in [-0.25, -0.2) is 4.79 Å². The molecule has 0 rings (SSSR count). The van der Waals surface area contributed by atoms with Gasteiger partial charge in [-0.15, -0.1) is 0 Å². The second kappa shape index (κ2) is 11.8. The molecule has 0 aromatic carbocycles. The lowest BCUT2D eigenvalue weighted by Gasteiger charge is -2.19. The molecular formula is C16H29N5O6. The molecule has 0 saturated carbocycles. The van der Waals surface area contributed by atoms with Crippen LogP contribution in [0.5, 0.6) is 0 Å². The van der Waals surface area contributed by atoms with E-state index in [0.29, 0.717) is 6.42 Å². The van der Waals surface area contributed by atoms with E-state index in [1.807, 2.05) is 13.8 Å². The van der Waals surface area contributed by atoms with Gasteiger partial charge in [0.25, 0.3) is 0 Å². The summed E-state index contributed by atoms with van der Waals surface area (Å²) in [6.07, 6.45) is 0.0956. The van der Waals surface area contributed by atoms with E-state index in [-0.39, 0.29) is 18.8 Å². The Labute approximate surface area is 157 Å².